The Morgan fingerprint density at radius 2 is 0.797 bits per heavy atom. The Morgan fingerprint density at radius 1 is 0.449 bits per heavy atom. The molecule has 392 valence electrons. The van der Waals surface area contributed by atoms with Gasteiger partial charge in [-0.1, -0.05) is 206 Å². The van der Waals surface area contributed by atoms with Crippen LogP contribution in [0.1, 0.15) is 206 Å². The van der Waals surface area contributed by atoms with Crippen molar-refractivity contribution in [3.63, 3.8) is 0 Å². The van der Waals surface area contributed by atoms with Crippen molar-refractivity contribution in [3.05, 3.63) is 122 Å². The van der Waals surface area contributed by atoms with Gasteiger partial charge in [0.05, 0.1) is 13.2 Å². The first-order valence-electron chi connectivity index (χ1n) is 27.0. The zero-order valence-electron chi connectivity index (χ0n) is 43.5. The summed E-state index contributed by atoms with van der Waals surface area (Å²) in [5.74, 6) is -0.884. The first kappa shape index (κ1) is 65.4. The molecule has 9 nitrogen and oxygen atoms in total. The number of unbranched alkanes of at least 4 members (excludes halogenated alkanes) is 16. The molecule has 3 N–H and O–H groups in total. The maximum Gasteiger partial charge on any atom is 0.472 e. The van der Waals surface area contributed by atoms with Crippen molar-refractivity contribution >= 4 is 19.8 Å². The van der Waals surface area contributed by atoms with Crippen LogP contribution in [0.4, 0.5) is 0 Å². The number of hydrogen-bond donors (Lipinski definition) is 2. The molecule has 0 aromatic heterocycles. The molecule has 0 saturated carbocycles. The summed E-state index contributed by atoms with van der Waals surface area (Å²) in [4.78, 5) is 35.1. The normalized spacial score (nSPS) is 14.1. The number of phosphoric ester groups is 1. The number of ether oxygens (including phenoxy) is 2. The van der Waals surface area contributed by atoms with Gasteiger partial charge in [0.2, 0.25) is 0 Å². The lowest BCUT2D eigenvalue weighted by molar-refractivity contribution is -0.161. The third-order valence-corrected chi connectivity index (χ3v) is 11.8. The van der Waals surface area contributed by atoms with Gasteiger partial charge in [-0.25, -0.2) is 4.57 Å². The van der Waals surface area contributed by atoms with E-state index in [0.29, 0.717) is 12.8 Å². The first-order valence-corrected chi connectivity index (χ1v) is 28.5. The summed E-state index contributed by atoms with van der Waals surface area (Å²) in [7, 11) is -4.41. The number of hydrogen-bond acceptors (Lipinski definition) is 8. The Morgan fingerprint density at radius 3 is 1.20 bits per heavy atom. The summed E-state index contributed by atoms with van der Waals surface area (Å²) in [6.07, 6.45) is 73.8. The molecule has 2 atom stereocenters. The van der Waals surface area contributed by atoms with E-state index in [2.05, 4.69) is 135 Å². The SMILES string of the molecule is CC/C=C\C/C=C\C/C=C\C/C=C\C/C=C\C/C=C\C/C=C\CCCCCC(=O)OC(COC(=O)CCCCCCCCCC/C=C\C/C=C\C/C=C\CCCCCCC)COP(=O)(O)OCCN. The van der Waals surface area contributed by atoms with Crippen molar-refractivity contribution < 1.29 is 37.6 Å². The highest BCUT2D eigenvalue weighted by atomic mass is 31.2. The lowest BCUT2D eigenvalue weighted by atomic mass is 10.1. The van der Waals surface area contributed by atoms with Crippen molar-refractivity contribution in [2.45, 2.75) is 213 Å². The van der Waals surface area contributed by atoms with Gasteiger partial charge in [-0.2, -0.15) is 0 Å². The average Bonchev–Trinajstić information content (AvgIpc) is 3.34. The van der Waals surface area contributed by atoms with Gasteiger partial charge in [0.1, 0.15) is 6.61 Å². The Kier molecular flexibility index (Phi) is 51.0. The average molecular weight is 980 g/mol. The van der Waals surface area contributed by atoms with Gasteiger partial charge < -0.3 is 20.1 Å². The number of rotatable bonds is 49. The van der Waals surface area contributed by atoms with E-state index in [1.165, 1.54) is 64.2 Å². The molecule has 0 spiro atoms. The van der Waals surface area contributed by atoms with E-state index in [1.54, 1.807) is 0 Å². The molecular weight excluding hydrogens is 882 g/mol. The molecule has 0 fully saturated rings. The largest absolute Gasteiger partial charge is 0.472 e. The molecule has 0 aromatic rings. The molecule has 0 aliphatic heterocycles. The van der Waals surface area contributed by atoms with Crippen LogP contribution in [0.15, 0.2) is 122 Å². The Labute approximate surface area is 421 Å². The summed E-state index contributed by atoms with van der Waals surface area (Å²) in [5, 5.41) is 0. The zero-order chi connectivity index (χ0) is 50.2. The van der Waals surface area contributed by atoms with Gasteiger partial charge in [0.25, 0.3) is 0 Å². The van der Waals surface area contributed by atoms with Crippen molar-refractivity contribution in [2.75, 3.05) is 26.4 Å². The monoisotopic (exact) mass is 980 g/mol. The van der Waals surface area contributed by atoms with Crippen LogP contribution in [0.2, 0.25) is 0 Å². The van der Waals surface area contributed by atoms with Crippen molar-refractivity contribution in [1.29, 1.82) is 0 Å². The molecule has 0 amide bonds. The third kappa shape index (κ3) is 53.6. The standard InChI is InChI=1S/C59H98NO8P/c1-3-5-7-9-11-13-15-17-19-21-23-25-27-28-30-32-34-36-38-40-42-44-46-48-50-52-59(62)68-57(56-67-69(63,64)66-54-53-60)55-65-58(61)51-49-47-45-43-41-39-37-35-33-31-29-26-24-22-20-18-16-14-12-10-8-6-4-2/h5,7,11,13,16-19,22-25,28-31,34,36,40,42,57H,3-4,6,8-10,12,14-15,20-21,26-27,32-33,35,37-39,41,43-56,60H2,1-2H3,(H,63,64)/b7-5-,13-11-,18-16-,19-17-,24-22-,25-23-,30-28-,31-29-,36-34-,42-40-. The second kappa shape index (κ2) is 53.8. The number of allylic oxidation sites excluding steroid dienone is 20. The molecule has 0 rings (SSSR count). The number of esters is 2. The maximum absolute atomic E-state index is 12.7. The predicted molar refractivity (Wildman–Crippen MR) is 293 cm³/mol. The van der Waals surface area contributed by atoms with E-state index in [1.807, 2.05) is 0 Å². The number of nitrogens with two attached hydrogens (primary N) is 1. The minimum Gasteiger partial charge on any atom is -0.462 e. The van der Waals surface area contributed by atoms with Gasteiger partial charge in [0.15, 0.2) is 6.10 Å². The minimum absolute atomic E-state index is 0.0393. The highest BCUT2D eigenvalue weighted by molar-refractivity contribution is 7.47. The topological polar surface area (TPSA) is 134 Å². The Bertz CT molecular complexity index is 1540. The molecule has 0 aliphatic rings. The van der Waals surface area contributed by atoms with E-state index in [0.717, 1.165) is 103 Å². The molecule has 0 radical (unpaired) electrons. The van der Waals surface area contributed by atoms with E-state index in [-0.39, 0.29) is 32.6 Å². The van der Waals surface area contributed by atoms with Crippen LogP contribution in [0, 0.1) is 0 Å². The van der Waals surface area contributed by atoms with Gasteiger partial charge in [-0.15, -0.1) is 0 Å². The van der Waals surface area contributed by atoms with Crippen LogP contribution in [0.5, 0.6) is 0 Å². The molecule has 0 aromatic carbocycles. The fraction of sp³-hybridized carbons (Fsp3) is 0.627. The fourth-order valence-corrected chi connectivity index (χ4v) is 7.62. The minimum atomic E-state index is -4.41. The third-order valence-electron chi connectivity index (χ3n) is 10.8. The summed E-state index contributed by atoms with van der Waals surface area (Å²) in [6, 6.07) is 0. The summed E-state index contributed by atoms with van der Waals surface area (Å²) >= 11 is 0. The molecule has 0 bridgehead atoms. The summed E-state index contributed by atoms with van der Waals surface area (Å²) in [5.41, 5.74) is 5.37. The summed E-state index contributed by atoms with van der Waals surface area (Å²) < 4.78 is 32.9. The number of phosphoric acid groups is 1. The van der Waals surface area contributed by atoms with E-state index in [9.17, 15) is 19.0 Å². The maximum atomic E-state index is 12.7. The fourth-order valence-electron chi connectivity index (χ4n) is 6.86. The zero-order valence-corrected chi connectivity index (χ0v) is 44.4. The van der Waals surface area contributed by atoms with Crippen LogP contribution >= 0.6 is 7.82 Å². The first-order chi connectivity index (χ1) is 33.8. The molecule has 2 unspecified atom stereocenters. The molecule has 0 saturated heterocycles. The molecule has 0 heterocycles. The lowest BCUT2D eigenvalue weighted by Gasteiger charge is -2.19. The predicted octanol–water partition coefficient (Wildman–Crippen LogP) is 16.8. The van der Waals surface area contributed by atoms with Gasteiger partial charge in [-0.05, 0) is 109 Å². The van der Waals surface area contributed by atoms with Gasteiger partial charge in [-0.3, -0.25) is 18.6 Å². The summed E-state index contributed by atoms with van der Waals surface area (Å²) in [6.45, 7) is 3.55. The smallest absolute Gasteiger partial charge is 0.462 e. The second-order valence-electron chi connectivity index (χ2n) is 17.4. The number of carbonyl (C=O) groups excluding carboxylic acids is 2. The highest BCUT2D eigenvalue weighted by Gasteiger charge is 2.26. The molecule has 10 heteroatoms. The second-order valence-corrected chi connectivity index (χ2v) is 18.8. The van der Waals surface area contributed by atoms with Crippen molar-refractivity contribution in [2.24, 2.45) is 5.73 Å². The molecule has 0 aliphatic carbocycles. The quantitative estimate of drug-likeness (QED) is 0.0264. The number of carbonyl (C=O) groups is 2. The Hall–Kier alpha value is -3.59. The van der Waals surface area contributed by atoms with Gasteiger partial charge in [0, 0.05) is 19.4 Å². The van der Waals surface area contributed by atoms with E-state index in [4.69, 9.17) is 24.3 Å². The van der Waals surface area contributed by atoms with E-state index >= 15 is 0 Å². The van der Waals surface area contributed by atoms with Crippen molar-refractivity contribution in [1.82, 2.24) is 0 Å². The van der Waals surface area contributed by atoms with Crippen LogP contribution in [0.3, 0.4) is 0 Å². The Balaban J connectivity index is 4.16. The van der Waals surface area contributed by atoms with Gasteiger partial charge >= 0.3 is 19.8 Å². The molecular formula is C59H98NO8P. The molecule has 69 heavy (non-hydrogen) atoms. The van der Waals surface area contributed by atoms with Crippen molar-refractivity contribution in [3.8, 4) is 0 Å². The van der Waals surface area contributed by atoms with Crippen LogP contribution in [-0.2, 0) is 32.7 Å². The lowest BCUT2D eigenvalue weighted by Crippen LogP contribution is -2.29. The van der Waals surface area contributed by atoms with Crippen LogP contribution in [0.25, 0.3) is 0 Å². The van der Waals surface area contributed by atoms with Crippen LogP contribution < -0.4 is 5.73 Å². The highest BCUT2D eigenvalue weighted by Crippen LogP contribution is 2.43. The van der Waals surface area contributed by atoms with E-state index < -0.39 is 32.5 Å². The van der Waals surface area contributed by atoms with Crippen LogP contribution in [-0.4, -0.2) is 49.3 Å².